The van der Waals surface area contributed by atoms with E-state index >= 15 is 0 Å². The number of aryl methyl sites for hydroxylation is 1. The lowest BCUT2D eigenvalue weighted by atomic mass is 10.0. The lowest BCUT2D eigenvalue weighted by Crippen LogP contribution is -2.36. The van der Waals surface area contributed by atoms with Gasteiger partial charge >= 0.3 is 12.0 Å². The van der Waals surface area contributed by atoms with Crippen LogP contribution >= 0.6 is 11.6 Å². The predicted octanol–water partition coefficient (Wildman–Crippen LogP) is 4.16. The van der Waals surface area contributed by atoms with Crippen molar-refractivity contribution in [3.05, 3.63) is 92.9 Å². The Balaban J connectivity index is 1.80. The van der Waals surface area contributed by atoms with Crippen molar-refractivity contribution in [2.75, 3.05) is 5.32 Å². The molecule has 0 radical (unpaired) electrons. The molecule has 2 amide bonds. The number of carbonyl (C=O) groups excluding carboxylic acids is 1. The van der Waals surface area contributed by atoms with Gasteiger partial charge in [0, 0.05) is 11.2 Å². The van der Waals surface area contributed by atoms with Crippen molar-refractivity contribution in [2.45, 2.75) is 32.4 Å². The van der Waals surface area contributed by atoms with Gasteiger partial charge in [-0.3, -0.25) is 9.59 Å². The van der Waals surface area contributed by atoms with Gasteiger partial charge < -0.3 is 25.4 Å². The van der Waals surface area contributed by atoms with E-state index in [1.165, 1.54) is 16.8 Å². The zero-order chi connectivity index (χ0) is 24.0. The summed E-state index contributed by atoms with van der Waals surface area (Å²) < 4.78 is 1.30. The Morgan fingerprint density at radius 2 is 1.79 bits per heavy atom. The Morgan fingerprint density at radius 1 is 1.09 bits per heavy atom. The number of amides is 2. The first kappa shape index (κ1) is 23.9. The van der Waals surface area contributed by atoms with E-state index in [9.17, 15) is 24.6 Å². The Morgan fingerprint density at radius 3 is 2.42 bits per heavy atom. The monoisotopic (exact) mass is 469 g/mol. The third-order valence-electron chi connectivity index (χ3n) is 5.15. The van der Waals surface area contributed by atoms with Crippen LogP contribution in [0.3, 0.4) is 0 Å². The molecule has 9 heteroatoms. The van der Waals surface area contributed by atoms with E-state index in [0.29, 0.717) is 16.1 Å². The molecule has 1 atom stereocenters. The summed E-state index contributed by atoms with van der Waals surface area (Å²) in [6.45, 7) is 2.14. The fourth-order valence-corrected chi connectivity index (χ4v) is 3.53. The molecule has 4 N–H and O–H groups in total. The minimum atomic E-state index is -1.09. The average Bonchev–Trinajstić information content (AvgIpc) is 2.79. The van der Waals surface area contributed by atoms with Gasteiger partial charge in [-0.15, -0.1) is 0 Å². The van der Waals surface area contributed by atoms with Gasteiger partial charge in [0.15, 0.2) is 5.69 Å². The normalized spacial score (nSPS) is 11.6. The summed E-state index contributed by atoms with van der Waals surface area (Å²) in [7, 11) is 0. The van der Waals surface area contributed by atoms with Crippen molar-refractivity contribution in [1.29, 1.82) is 0 Å². The Labute approximate surface area is 195 Å². The number of carboxylic acids is 1. The van der Waals surface area contributed by atoms with Gasteiger partial charge in [-0.2, -0.15) is 0 Å². The molecule has 1 heterocycles. The second kappa shape index (κ2) is 10.7. The highest BCUT2D eigenvalue weighted by Gasteiger charge is 2.20. The van der Waals surface area contributed by atoms with Crippen LogP contribution in [0.5, 0.6) is 5.75 Å². The summed E-state index contributed by atoms with van der Waals surface area (Å²) >= 11 is 6.17. The van der Waals surface area contributed by atoms with Crippen molar-refractivity contribution in [2.24, 2.45) is 0 Å². The molecule has 1 aromatic heterocycles. The molecule has 0 spiro atoms. The van der Waals surface area contributed by atoms with Crippen molar-refractivity contribution in [3.63, 3.8) is 0 Å². The summed E-state index contributed by atoms with van der Waals surface area (Å²) in [6.07, 6.45) is 1.87. The van der Waals surface area contributed by atoms with Crippen molar-refractivity contribution in [1.82, 2.24) is 9.88 Å². The zero-order valence-corrected chi connectivity index (χ0v) is 18.7. The quantitative estimate of drug-likeness (QED) is 0.395. The first-order chi connectivity index (χ1) is 15.8. The number of aliphatic carboxylic acids is 1. The van der Waals surface area contributed by atoms with Gasteiger partial charge in [0.2, 0.25) is 0 Å². The Hall–Kier alpha value is -3.78. The molecule has 0 bridgehead atoms. The number of halogens is 1. The number of urea groups is 1. The average molecular weight is 470 g/mol. The molecule has 0 aliphatic carbocycles. The molecule has 0 aliphatic rings. The van der Waals surface area contributed by atoms with Crippen LogP contribution in [-0.4, -0.2) is 26.8 Å². The van der Waals surface area contributed by atoms with E-state index in [-0.39, 0.29) is 18.7 Å². The second-order valence-electron chi connectivity index (χ2n) is 7.44. The third kappa shape index (κ3) is 6.14. The molecular formula is C24H24ClN3O5. The van der Waals surface area contributed by atoms with Gasteiger partial charge in [-0.1, -0.05) is 61.0 Å². The molecule has 33 heavy (non-hydrogen) atoms. The molecular weight excluding hydrogens is 446 g/mol. The number of aromatic hydroxyl groups is 1. The molecule has 0 unspecified atom stereocenters. The van der Waals surface area contributed by atoms with Crippen LogP contribution in [0.25, 0.3) is 0 Å². The first-order valence-corrected chi connectivity index (χ1v) is 10.7. The molecule has 0 aliphatic heterocycles. The molecule has 0 saturated carbocycles. The standard InChI is InChI=1S/C24H24ClN3O5/c1-2-15-7-9-16(10-8-15)19(13-21(30)31)26-24(33)27-22-20(29)11-12-28(23(22)32)14-17-5-3-4-6-18(17)25/h3-12,19,29H,2,13-14H2,1H3,(H,30,31)(H2,26,27,33)/t19-/m1/s1. The smallest absolute Gasteiger partial charge is 0.319 e. The SMILES string of the molecule is CCc1ccc([C@@H](CC(=O)O)NC(=O)Nc2c(O)ccn(Cc3ccccc3Cl)c2=O)cc1. The Bertz CT molecular complexity index is 1210. The number of hydrogen-bond donors (Lipinski definition) is 4. The maximum atomic E-state index is 12.9. The Kier molecular flexibility index (Phi) is 7.74. The number of hydrogen-bond acceptors (Lipinski definition) is 4. The number of pyridine rings is 1. The van der Waals surface area contributed by atoms with E-state index in [2.05, 4.69) is 10.6 Å². The number of carbonyl (C=O) groups is 2. The van der Waals surface area contributed by atoms with Gasteiger partial charge in [-0.05, 0) is 35.2 Å². The van der Waals surface area contributed by atoms with Crippen LogP contribution in [-0.2, 0) is 17.8 Å². The molecule has 0 saturated heterocycles. The fraction of sp³-hybridized carbons (Fsp3) is 0.208. The minimum Gasteiger partial charge on any atom is -0.505 e. The van der Waals surface area contributed by atoms with Crippen molar-refractivity contribution < 1.29 is 19.8 Å². The van der Waals surface area contributed by atoms with Crippen molar-refractivity contribution in [3.8, 4) is 5.75 Å². The largest absolute Gasteiger partial charge is 0.505 e. The zero-order valence-electron chi connectivity index (χ0n) is 17.9. The second-order valence-corrected chi connectivity index (χ2v) is 7.85. The van der Waals surface area contributed by atoms with E-state index in [1.54, 1.807) is 36.4 Å². The van der Waals surface area contributed by atoms with Crippen LogP contribution in [0.2, 0.25) is 5.02 Å². The maximum Gasteiger partial charge on any atom is 0.319 e. The number of aromatic nitrogens is 1. The van der Waals surface area contributed by atoms with Gasteiger partial charge in [-0.25, -0.2) is 4.79 Å². The lowest BCUT2D eigenvalue weighted by molar-refractivity contribution is -0.137. The predicted molar refractivity (Wildman–Crippen MR) is 126 cm³/mol. The van der Waals surface area contributed by atoms with E-state index in [1.807, 2.05) is 19.1 Å². The first-order valence-electron chi connectivity index (χ1n) is 10.3. The van der Waals surface area contributed by atoms with Crippen molar-refractivity contribution >= 4 is 29.3 Å². The van der Waals surface area contributed by atoms with E-state index in [0.717, 1.165) is 12.0 Å². The molecule has 172 valence electrons. The van der Waals surface area contributed by atoms with Gasteiger partial charge in [0.05, 0.1) is 19.0 Å². The summed E-state index contributed by atoms with van der Waals surface area (Å²) in [5.41, 5.74) is 1.42. The highest BCUT2D eigenvalue weighted by atomic mass is 35.5. The van der Waals surface area contributed by atoms with Crippen LogP contribution in [0.1, 0.15) is 36.1 Å². The van der Waals surface area contributed by atoms with E-state index in [4.69, 9.17) is 11.6 Å². The number of nitrogens with one attached hydrogen (secondary N) is 2. The fourth-order valence-electron chi connectivity index (χ4n) is 3.34. The number of rotatable bonds is 8. The number of anilines is 1. The summed E-state index contributed by atoms with van der Waals surface area (Å²) in [5.74, 6) is -1.50. The maximum absolute atomic E-state index is 12.9. The molecule has 3 aromatic rings. The van der Waals surface area contributed by atoms with E-state index < -0.39 is 29.4 Å². The molecule has 2 aromatic carbocycles. The highest BCUT2D eigenvalue weighted by Crippen LogP contribution is 2.21. The van der Waals surface area contributed by atoms with Crippen LogP contribution in [0.4, 0.5) is 10.5 Å². The van der Waals surface area contributed by atoms with Gasteiger partial charge in [0.25, 0.3) is 5.56 Å². The molecule has 0 fully saturated rings. The lowest BCUT2D eigenvalue weighted by Gasteiger charge is -2.19. The number of nitrogens with zero attached hydrogens (tertiary/aromatic N) is 1. The number of carboxylic acid groups (broad SMARTS) is 1. The molecule has 8 nitrogen and oxygen atoms in total. The summed E-state index contributed by atoms with van der Waals surface area (Å²) in [6, 6.07) is 13.9. The third-order valence-corrected chi connectivity index (χ3v) is 5.52. The highest BCUT2D eigenvalue weighted by molar-refractivity contribution is 6.31. The van der Waals surface area contributed by atoms with Crippen LogP contribution in [0.15, 0.2) is 65.6 Å². The van der Waals surface area contributed by atoms with Crippen LogP contribution < -0.4 is 16.2 Å². The molecule has 3 rings (SSSR count). The minimum absolute atomic E-state index is 0.139. The van der Waals surface area contributed by atoms with Crippen LogP contribution in [0, 0.1) is 0 Å². The topological polar surface area (TPSA) is 121 Å². The van der Waals surface area contributed by atoms with Gasteiger partial charge in [0.1, 0.15) is 5.75 Å². The summed E-state index contributed by atoms with van der Waals surface area (Å²) in [5, 5.41) is 24.8. The number of benzene rings is 2. The summed E-state index contributed by atoms with van der Waals surface area (Å²) in [4.78, 5) is 36.8.